The van der Waals surface area contributed by atoms with Gasteiger partial charge >= 0.3 is 0 Å². The smallest absolute Gasteiger partial charge is 0.130 e. The number of hydrogen-bond acceptors (Lipinski definition) is 1. The minimum Gasteiger partial charge on any atom is -0.303 e. The van der Waals surface area contributed by atoms with Crippen molar-refractivity contribution < 1.29 is 13.2 Å². The molecule has 1 N–H and O–H groups in total. The SMILES string of the molecule is CC(NC(C)c1c(F)cccc1F)c1ccccc1F. The van der Waals surface area contributed by atoms with Crippen molar-refractivity contribution in [3.05, 3.63) is 71.0 Å². The standard InChI is InChI=1S/C16H16F3N/c1-10(12-6-3-4-7-13(12)17)20-11(2)16-14(18)8-5-9-15(16)19/h3-11,20H,1-2H3. The molecule has 0 amide bonds. The predicted octanol–water partition coefficient (Wildman–Crippen LogP) is 4.52. The lowest BCUT2D eigenvalue weighted by atomic mass is 10.0. The van der Waals surface area contributed by atoms with Gasteiger partial charge in [-0.3, -0.25) is 0 Å². The van der Waals surface area contributed by atoms with Gasteiger partial charge in [0.1, 0.15) is 17.5 Å². The number of nitrogens with one attached hydrogen (secondary N) is 1. The highest BCUT2D eigenvalue weighted by Crippen LogP contribution is 2.24. The highest BCUT2D eigenvalue weighted by atomic mass is 19.1. The van der Waals surface area contributed by atoms with E-state index in [1.54, 1.807) is 32.0 Å². The molecule has 2 aromatic carbocycles. The maximum atomic E-state index is 13.7. The molecular weight excluding hydrogens is 263 g/mol. The number of rotatable bonds is 4. The first-order valence-corrected chi connectivity index (χ1v) is 6.45. The average Bonchev–Trinajstić information content (AvgIpc) is 2.38. The van der Waals surface area contributed by atoms with Crippen LogP contribution < -0.4 is 5.32 Å². The summed E-state index contributed by atoms with van der Waals surface area (Å²) in [5.41, 5.74) is 0.437. The van der Waals surface area contributed by atoms with Crippen LogP contribution in [0.1, 0.15) is 37.1 Å². The first-order chi connectivity index (χ1) is 9.50. The van der Waals surface area contributed by atoms with Crippen LogP contribution in [-0.4, -0.2) is 0 Å². The van der Waals surface area contributed by atoms with E-state index in [9.17, 15) is 13.2 Å². The molecule has 2 aromatic rings. The molecule has 0 aromatic heterocycles. The molecule has 0 aliphatic rings. The summed E-state index contributed by atoms with van der Waals surface area (Å²) in [6.45, 7) is 3.41. The van der Waals surface area contributed by atoms with Gasteiger partial charge in [-0.2, -0.15) is 0 Å². The van der Waals surface area contributed by atoms with Crippen LogP contribution in [0.5, 0.6) is 0 Å². The Bertz CT molecular complexity index is 578. The lowest BCUT2D eigenvalue weighted by Gasteiger charge is -2.21. The van der Waals surface area contributed by atoms with Crippen molar-refractivity contribution in [2.75, 3.05) is 0 Å². The Morgan fingerprint density at radius 2 is 1.30 bits per heavy atom. The van der Waals surface area contributed by atoms with E-state index in [2.05, 4.69) is 5.32 Å². The first-order valence-electron chi connectivity index (χ1n) is 6.45. The van der Waals surface area contributed by atoms with Crippen LogP contribution in [-0.2, 0) is 0 Å². The topological polar surface area (TPSA) is 12.0 Å². The van der Waals surface area contributed by atoms with Crippen LogP contribution in [0, 0.1) is 17.5 Å². The molecule has 0 spiro atoms. The summed E-state index contributed by atoms with van der Waals surface area (Å²) in [6, 6.07) is 9.17. The van der Waals surface area contributed by atoms with Gasteiger partial charge in [0, 0.05) is 23.2 Å². The van der Waals surface area contributed by atoms with Crippen molar-refractivity contribution in [2.45, 2.75) is 25.9 Å². The second-order valence-electron chi connectivity index (χ2n) is 4.77. The molecule has 0 aliphatic heterocycles. The molecule has 0 radical (unpaired) electrons. The number of halogens is 3. The van der Waals surface area contributed by atoms with E-state index in [1.165, 1.54) is 24.3 Å². The van der Waals surface area contributed by atoms with Crippen LogP contribution in [0.4, 0.5) is 13.2 Å². The zero-order chi connectivity index (χ0) is 14.7. The fourth-order valence-electron chi connectivity index (χ4n) is 2.30. The second kappa shape index (κ2) is 6.09. The Morgan fingerprint density at radius 3 is 1.90 bits per heavy atom. The minimum atomic E-state index is -0.606. The van der Waals surface area contributed by atoms with Gasteiger partial charge in [-0.25, -0.2) is 13.2 Å². The maximum Gasteiger partial charge on any atom is 0.130 e. The molecule has 0 bridgehead atoms. The fraction of sp³-hybridized carbons (Fsp3) is 0.250. The lowest BCUT2D eigenvalue weighted by Crippen LogP contribution is -2.24. The molecule has 4 heteroatoms. The fourth-order valence-corrected chi connectivity index (χ4v) is 2.30. The molecule has 1 nitrogen and oxygen atoms in total. The zero-order valence-corrected chi connectivity index (χ0v) is 11.3. The van der Waals surface area contributed by atoms with Crippen molar-refractivity contribution >= 4 is 0 Å². The third kappa shape index (κ3) is 3.02. The van der Waals surface area contributed by atoms with Gasteiger partial charge in [0.2, 0.25) is 0 Å². The Labute approximate surface area is 116 Å². The third-order valence-electron chi connectivity index (χ3n) is 3.30. The lowest BCUT2D eigenvalue weighted by molar-refractivity contribution is 0.440. The van der Waals surface area contributed by atoms with Crippen LogP contribution in [0.15, 0.2) is 42.5 Å². The van der Waals surface area contributed by atoms with Crippen LogP contribution in [0.2, 0.25) is 0 Å². The Kier molecular flexibility index (Phi) is 4.45. The summed E-state index contributed by atoms with van der Waals surface area (Å²) in [5.74, 6) is -1.55. The van der Waals surface area contributed by atoms with Gasteiger partial charge in [-0.05, 0) is 32.0 Å². The molecule has 2 unspecified atom stereocenters. The molecule has 2 atom stereocenters. The van der Waals surface area contributed by atoms with E-state index in [-0.39, 0.29) is 17.4 Å². The minimum absolute atomic E-state index is 0.0318. The maximum absolute atomic E-state index is 13.7. The zero-order valence-electron chi connectivity index (χ0n) is 11.3. The van der Waals surface area contributed by atoms with Gasteiger partial charge in [-0.15, -0.1) is 0 Å². The average molecular weight is 279 g/mol. The van der Waals surface area contributed by atoms with E-state index in [0.29, 0.717) is 5.56 Å². The van der Waals surface area contributed by atoms with E-state index in [1.807, 2.05) is 0 Å². The Balaban J connectivity index is 2.20. The quantitative estimate of drug-likeness (QED) is 0.868. The summed E-state index contributed by atoms with van der Waals surface area (Å²) in [7, 11) is 0. The van der Waals surface area contributed by atoms with Crippen LogP contribution in [0.3, 0.4) is 0 Å². The highest BCUT2D eigenvalue weighted by Gasteiger charge is 2.19. The molecule has 0 aliphatic carbocycles. The normalized spacial score (nSPS) is 14.1. The second-order valence-corrected chi connectivity index (χ2v) is 4.77. The highest BCUT2D eigenvalue weighted by molar-refractivity contribution is 5.25. The molecule has 0 saturated heterocycles. The van der Waals surface area contributed by atoms with Gasteiger partial charge in [-0.1, -0.05) is 24.3 Å². The van der Waals surface area contributed by atoms with Crippen molar-refractivity contribution in [2.24, 2.45) is 0 Å². The first kappa shape index (κ1) is 14.6. The van der Waals surface area contributed by atoms with Crippen molar-refractivity contribution in [3.63, 3.8) is 0 Å². The number of hydrogen-bond donors (Lipinski definition) is 1. The predicted molar refractivity (Wildman–Crippen MR) is 72.7 cm³/mol. The van der Waals surface area contributed by atoms with Gasteiger partial charge in [0.15, 0.2) is 0 Å². The summed E-state index contributed by atoms with van der Waals surface area (Å²) in [4.78, 5) is 0. The molecular formula is C16H16F3N. The van der Waals surface area contributed by atoms with Gasteiger partial charge in [0.25, 0.3) is 0 Å². The molecule has 20 heavy (non-hydrogen) atoms. The summed E-state index contributed by atoms with van der Waals surface area (Å²) in [6.07, 6.45) is 0. The Hall–Kier alpha value is -1.81. The molecule has 0 heterocycles. The monoisotopic (exact) mass is 279 g/mol. The van der Waals surface area contributed by atoms with E-state index >= 15 is 0 Å². The molecule has 0 fully saturated rings. The molecule has 2 rings (SSSR count). The van der Waals surface area contributed by atoms with Gasteiger partial charge in [0.05, 0.1) is 0 Å². The molecule has 106 valence electrons. The van der Waals surface area contributed by atoms with E-state index < -0.39 is 17.7 Å². The Morgan fingerprint density at radius 1 is 0.750 bits per heavy atom. The van der Waals surface area contributed by atoms with Crippen LogP contribution >= 0.6 is 0 Å². The molecule has 0 saturated carbocycles. The largest absolute Gasteiger partial charge is 0.303 e. The van der Waals surface area contributed by atoms with Crippen LogP contribution in [0.25, 0.3) is 0 Å². The number of benzene rings is 2. The van der Waals surface area contributed by atoms with Crippen molar-refractivity contribution in [3.8, 4) is 0 Å². The van der Waals surface area contributed by atoms with Crippen molar-refractivity contribution in [1.29, 1.82) is 0 Å². The van der Waals surface area contributed by atoms with E-state index in [0.717, 1.165) is 0 Å². The van der Waals surface area contributed by atoms with Crippen molar-refractivity contribution in [1.82, 2.24) is 5.32 Å². The van der Waals surface area contributed by atoms with E-state index in [4.69, 9.17) is 0 Å². The van der Waals surface area contributed by atoms with Gasteiger partial charge < -0.3 is 5.32 Å². The summed E-state index contributed by atoms with van der Waals surface area (Å²) >= 11 is 0. The third-order valence-corrected chi connectivity index (χ3v) is 3.30. The summed E-state index contributed by atoms with van der Waals surface area (Å²) in [5, 5.41) is 3.01. The summed E-state index contributed by atoms with van der Waals surface area (Å²) < 4.78 is 41.0.